The van der Waals surface area contributed by atoms with E-state index in [0.717, 1.165) is 17.1 Å². The molecule has 68 heavy (non-hydrogen) atoms. The largest absolute Gasteiger partial charge is 0.310 e. The van der Waals surface area contributed by atoms with E-state index in [1.54, 1.807) is 0 Å². The summed E-state index contributed by atoms with van der Waals surface area (Å²) in [7, 11) is 0. The molecular weight excluding hydrogens is 819 g/mol. The van der Waals surface area contributed by atoms with Gasteiger partial charge in [0.1, 0.15) is 0 Å². The van der Waals surface area contributed by atoms with Gasteiger partial charge in [-0.1, -0.05) is 233 Å². The Labute approximate surface area is 401 Å². The first-order valence-electron chi connectivity index (χ1n) is 24.0. The van der Waals surface area contributed by atoms with Gasteiger partial charge in [0.2, 0.25) is 0 Å². The van der Waals surface area contributed by atoms with E-state index in [-0.39, 0.29) is 5.41 Å². The SMILES string of the molecule is Cc1cc(-c2ccc(C(C)(C)C)cc2)ccc1N(c1ccc(C2(c3ccccc3)c3ccccc3-c3ccccc32)cc1)c1ccc2c(c1)C(c1ccccc1)(c1ccccc1)c1ccccc1-2. The van der Waals surface area contributed by atoms with Crippen molar-refractivity contribution in [2.75, 3.05) is 4.90 Å². The summed E-state index contributed by atoms with van der Waals surface area (Å²) in [6.07, 6.45) is 0. The molecule has 0 aromatic heterocycles. The van der Waals surface area contributed by atoms with Gasteiger partial charge in [-0.25, -0.2) is 0 Å². The summed E-state index contributed by atoms with van der Waals surface area (Å²) in [4.78, 5) is 2.49. The van der Waals surface area contributed by atoms with Gasteiger partial charge in [-0.3, -0.25) is 0 Å². The summed E-state index contributed by atoms with van der Waals surface area (Å²) >= 11 is 0. The van der Waals surface area contributed by atoms with Crippen molar-refractivity contribution in [1.29, 1.82) is 0 Å². The van der Waals surface area contributed by atoms with Gasteiger partial charge in [0, 0.05) is 17.1 Å². The predicted octanol–water partition coefficient (Wildman–Crippen LogP) is 17.2. The van der Waals surface area contributed by atoms with Gasteiger partial charge < -0.3 is 4.90 Å². The van der Waals surface area contributed by atoms with Gasteiger partial charge in [-0.2, -0.15) is 0 Å². The smallest absolute Gasteiger partial charge is 0.0714 e. The molecule has 0 amide bonds. The molecule has 0 N–H and O–H groups in total. The normalized spacial score (nSPS) is 13.8. The lowest BCUT2D eigenvalue weighted by molar-refractivity contribution is 0.590. The van der Waals surface area contributed by atoms with Crippen molar-refractivity contribution in [3.8, 4) is 33.4 Å². The first-order chi connectivity index (χ1) is 33.3. The number of nitrogens with zero attached hydrogens (tertiary/aromatic N) is 1. The van der Waals surface area contributed by atoms with Gasteiger partial charge in [-0.15, -0.1) is 0 Å². The molecule has 0 radical (unpaired) electrons. The molecule has 0 saturated heterocycles. The molecule has 12 rings (SSSR count). The Hall–Kier alpha value is -8.00. The molecule has 0 spiro atoms. The second kappa shape index (κ2) is 16.1. The lowest BCUT2D eigenvalue weighted by atomic mass is 9.67. The van der Waals surface area contributed by atoms with E-state index in [0.29, 0.717) is 0 Å². The van der Waals surface area contributed by atoms with Crippen LogP contribution in [-0.4, -0.2) is 0 Å². The van der Waals surface area contributed by atoms with Crippen LogP contribution in [-0.2, 0) is 16.2 Å². The predicted molar refractivity (Wildman–Crippen MR) is 285 cm³/mol. The summed E-state index contributed by atoms with van der Waals surface area (Å²) in [6, 6.07) is 93.1. The third-order valence-electron chi connectivity index (χ3n) is 14.9. The minimum atomic E-state index is -0.524. The van der Waals surface area contributed by atoms with Crippen LogP contribution in [0, 0.1) is 6.92 Å². The second-order valence-corrected chi connectivity index (χ2v) is 19.7. The molecule has 2 aliphatic rings. The quantitative estimate of drug-likeness (QED) is 0.147. The summed E-state index contributed by atoms with van der Waals surface area (Å²) in [5.41, 5.74) is 22.8. The van der Waals surface area contributed by atoms with Gasteiger partial charge >= 0.3 is 0 Å². The fourth-order valence-electron chi connectivity index (χ4n) is 11.8. The highest BCUT2D eigenvalue weighted by Gasteiger charge is 2.47. The highest BCUT2D eigenvalue weighted by atomic mass is 15.1. The Kier molecular flexibility index (Phi) is 9.82. The zero-order valence-electron chi connectivity index (χ0n) is 39.1. The van der Waals surface area contributed by atoms with Crippen LogP contribution in [0.1, 0.15) is 76.4 Å². The number of anilines is 3. The monoisotopic (exact) mass is 871 g/mol. The van der Waals surface area contributed by atoms with E-state index in [9.17, 15) is 0 Å². The molecule has 326 valence electrons. The Morgan fingerprint density at radius 1 is 0.324 bits per heavy atom. The Balaban J connectivity index is 1.07. The molecule has 1 nitrogen and oxygen atoms in total. The minimum Gasteiger partial charge on any atom is -0.310 e. The van der Waals surface area contributed by atoms with Crippen molar-refractivity contribution in [2.45, 2.75) is 43.9 Å². The first kappa shape index (κ1) is 41.4. The van der Waals surface area contributed by atoms with Crippen molar-refractivity contribution in [2.24, 2.45) is 0 Å². The number of aryl methyl sites for hydroxylation is 1. The molecule has 10 aromatic carbocycles. The van der Waals surface area contributed by atoms with E-state index < -0.39 is 10.8 Å². The maximum absolute atomic E-state index is 2.49. The molecule has 10 aromatic rings. The van der Waals surface area contributed by atoms with Crippen molar-refractivity contribution in [1.82, 2.24) is 0 Å². The summed E-state index contributed by atoms with van der Waals surface area (Å²) in [5, 5.41) is 0. The highest BCUT2D eigenvalue weighted by Crippen LogP contribution is 2.59. The number of benzene rings is 10. The van der Waals surface area contributed by atoms with Crippen LogP contribution < -0.4 is 4.90 Å². The van der Waals surface area contributed by atoms with Crippen LogP contribution in [0.15, 0.2) is 249 Å². The van der Waals surface area contributed by atoms with Crippen LogP contribution in [0.2, 0.25) is 0 Å². The Morgan fingerprint density at radius 3 is 1.19 bits per heavy atom. The van der Waals surface area contributed by atoms with Gasteiger partial charge in [0.15, 0.2) is 0 Å². The zero-order valence-corrected chi connectivity index (χ0v) is 39.1. The van der Waals surface area contributed by atoms with E-state index in [1.165, 1.54) is 89.0 Å². The minimum absolute atomic E-state index is 0.0927. The fraction of sp³-hybridized carbons (Fsp3) is 0.104. The zero-order chi connectivity index (χ0) is 46.0. The summed E-state index contributed by atoms with van der Waals surface area (Å²) in [6.45, 7) is 9.09. The molecule has 1 heteroatoms. The third kappa shape index (κ3) is 6.30. The van der Waals surface area contributed by atoms with Crippen LogP contribution >= 0.6 is 0 Å². The topological polar surface area (TPSA) is 3.24 Å². The van der Waals surface area contributed by atoms with Gasteiger partial charge in [0.05, 0.1) is 10.8 Å². The summed E-state index contributed by atoms with van der Waals surface area (Å²) in [5.74, 6) is 0. The fourth-order valence-corrected chi connectivity index (χ4v) is 11.8. The average molecular weight is 872 g/mol. The van der Waals surface area contributed by atoms with Crippen LogP contribution in [0.3, 0.4) is 0 Å². The lowest BCUT2D eigenvalue weighted by Gasteiger charge is -2.35. The van der Waals surface area contributed by atoms with Crippen LogP contribution in [0.5, 0.6) is 0 Å². The molecule has 0 heterocycles. The van der Waals surface area contributed by atoms with E-state index in [4.69, 9.17) is 0 Å². The van der Waals surface area contributed by atoms with E-state index in [2.05, 4.69) is 281 Å². The van der Waals surface area contributed by atoms with Crippen molar-refractivity contribution >= 4 is 17.1 Å². The van der Waals surface area contributed by atoms with Crippen LogP contribution in [0.4, 0.5) is 17.1 Å². The molecule has 0 aliphatic heterocycles. The average Bonchev–Trinajstić information content (AvgIpc) is 3.86. The number of rotatable bonds is 8. The summed E-state index contributed by atoms with van der Waals surface area (Å²) < 4.78 is 0. The van der Waals surface area contributed by atoms with Crippen molar-refractivity contribution in [3.05, 3.63) is 304 Å². The molecule has 0 bridgehead atoms. The van der Waals surface area contributed by atoms with Gasteiger partial charge in [-0.05, 0) is 138 Å². The third-order valence-corrected chi connectivity index (χ3v) is 14.9. The van der Waals surface area contributed by atoms with Crippen molar-refractivity contribution in [3.63, 3.8) is 0 Å². The second-order valence-electron chi connectivity index (χ2n) is 19.7. The molecule has 0 saturated carbocycles. The molecule has 0 fully saturated rings. The number of fused-ring (bicyclic) bond motifs is 6. The maximum Gasteiger partial charge on any atom is 0.0714 e. The maximum atomic E-state index is 2.49. The number of hydrogen-bond acceptors (Lipinski definition) is 1. The Bertz CT molecular complexity index is 3380. The first-order valence-corrected chi connectivity index (χ1v) is 24.0. The Morgan fingerprint density at radius 2 is 0.721 bits per heavy atom. The molecule has 0 unspecified atom stereocenters. The van der Waals surface area contributed by atoms with Crippen molar-refractivity contribution < 1.29 is 0 Å². The number of hydrogen-bond donors (Lipinski definition) is 0. The van der Waals surface area contributed by atoms with Crippen LogP contribution in [0.25, 0.3) is 33.4 Å². The molecule has 0 atom stereocenters. The molecular formula is C67H53N. The van der Waals surface area contributed by atoms with E-state index >= 15 is 0 Å². The standard InChI is InChI=1S/C67H53N/c1-46-44-48(47-32-35-49(36-33-47)65(2,3)4)34-43-64(46)68(54-39-37-53(38-40-54)66(50-20-8-5-9-21-50)60-29-17-14-26-56(60)57-27-15-18-30-61(57)66)55-41-42-59-58-28-16-19-31-62(58)67(63(59)45-55,51-22-10-6-11-23-51)52-24-12-7-13-25-52/h5-45H,1-4H3. The molecule has 2 aliphatic carbocycles. The lowest BCUT2D eigenvalue weighted by Crippen LogP contribution is -2.29. The highest BCUT2D eigenvalue weighted by molar-refractivity contribution is 5.91. The van der Waals surface area contributed by atoms with E-state index in [1.807, 2.05) is 0 Å². The van der Waals surface area contributed by atoms with Gasteiger partial charge in [0.25, 0.3) is 0 Å².